The van der Waals surface area contributed by atoms with E-state index in [2.05, 4.69) is 61.6 Å². The molecule has 31 heavy (non-hydrogen) atoms. The zero-order valence-corrected chi connectivity index (χ0v) is 22.1. The molecule has 4 aliphatic rings. The zero-order valence-electron chi connectivity index (χ0n) is 22.1. The highest BCUT2D eigenvalue weighted by Crippen LogP contribution is 2.75. The Balaban J connectivity index is 1.56. The summed E-state index contributed by atoms with van der Waals surface area (Å²) in [4.78, 5) is 0. The van der Waals surface area contributed by atoms with E-state index in [1.54, 1.807) is 5.57 Å². The average molecular weight is 425 g/mol. The molecule has 0 radical (unpaired) electrons. The summed E-state index contributed by atoms with van der Waals surface area (Å²) < 4.78 is 0. The smallest absolute Gasteiger partial charge is 0.0172 e. The fraction of sp³-hybridized carbons (Fsp3) is 0.871. The molecule has 8 atom stereocenters. The second kappa shape index (κ2) is 7.77. The van der Waals surface area contributed by atoms with E-state index in [1.807, 2.05) is 0 Å². The summed E-state index contributed by atoms with van der Waals surface area (Å²) in [5, 5.41) is 0. The van der Waals surface area contributed by atoms with Gasteiger partial charge in [0, 0.05) is 0 Å². The normalized spacial score (nSPS) is 47.1. The van der Waals surface area contributed by atoms with Gasteiger partial charge in [0.2, 0.25) is 0 Å². The van der Waals surface area contributed by atoms with E-state index in [9.17, 15) is 0 Å². The van der Waals surface area contributed by atoms with Crippen LogP contribution in [0.2, 0.25) is 0 Å². The summed E-state index contributed by atoms with van der Waals surface area (Å²) in [6.45, 7) is 26.8. The Bertz CT molecular complexity index is 726. The third-order valence-electron chi connectivity index (χ3n) is 12.4. The molecule has 4 aliphatic carbocycles. The summed E-state index contributed by atoms with van der Waals surface area (Å²) in [6.07, 6.45) is 15.5. The number of hydrogen-bond acceptors (Lipinski definition) is 0. The first kappa shape index (κ1) is 23.6. The Hall–Kier alpha value is -0.520. The fourth-order valence-corrected chi connectivity index (χ4v) is 10.2. The van der Waals surface area contributed by atoms with Gasteiger partial charge in [0.1, 0.15) is 0 Å². The minimum Gasteiger partial charge on any atom is -0.0999 e. The molecule has 0 saturated heterocycles. The van der Waals surface area contributed by atoms with Crippen LogP contribution in [0.15, 0.2) is 24.3 Å². The van der Waals surface area contributed by atoms with Gasteiger partial charge < -0.3 is 0 Å². The molecule has 5 unspecified atom stereocenters. The van der Waals surface area contributed by atoms with Crippen LogP contribution in [-0.4, -0.2) is 0 Å². The second-order valence-corrected chi connectivity index (χ2v) is 14.1. The summed E-state index contributed by atoms with van der Waals surface area (Å²) in [5.74, 6) is 4.13. The molecule has 0 heteroatoms. The highest BCUT2D eigenvalue weighted by atomic mass is 14.7. The maximum absolute atomic E-state index is 4.69. The average Bonchev–Trinajstić information content (AvgIpc) is 3.03. The van der Waals surface area contributed by atoms with Gasteiger partial charge in [-0.1, -0.05) is 72.3 Å². The first-order valence-electron chi connectivity index (χ1n) is 13.7. The molecule has 0 aromatic carbocycles. The minimum absolute atomic E-state index is 0.513. The van der Waals surface area contributed by atoms with Crippen LogP contribution < -0.4 is 0 Å². The van der Waals surface area contributed by atoms with Gasteiger partial charge in [-0.2, -0.15) is 0 Å². The lowest BCUT2D eigenvalue weighted by Crippen LogP contribution is -2.62. The predicted molar refractivity (Wildman–Crippen MR) is 136 cm³/mol. The van der Waals surface area contributed by atoms with Gasteiger partial charge in [-0.05, 0) is 122 Å². The summed E-state index contributed by atoms with van der Waals surface area (Å²) >= 11 is 0. The molecule has 0 amide bonds. The second-order valence-electron chi connectivity index (χ2n) is 14.1. The molecular formula is C31H52. The maximum atomic E-state index is 4.69. The Kier molecular flexibility index (Phi) is 5.92. The van der Waals surface area contributed by atoms with Gasteiger partial charge in [0.25, 0.3) is 0 Å². The quantitative estimate of drug-likeness (QED) is 0.385. The molecule has 176 valence electrons. The van der Waals surface area contributed by atoms with E-state index in [4.69, 9.17) is 0 Å². The number of allylic oxidation sites excluding steroid dienone is 2. The van der Waals surface area contributed by atoms with Crippen molar-refractivity contribution in [2.45, 2.75) is 119 Å². The zero-order chi connectivity index (χ0) is 22.8. The first-order valence-corrected chi connectivity index (χ1v) is 13.7. The van der Waals surface area contributed by atoms with Crippen LogP contribution in [0.4, 0.5) is 0 Å². The first-order chi connectivity index (χ1) is 14.4. The lowest BCUT2D eigenvalue weighted by molar-refractivity contribution is -0.201. The molecule has 0 nitrogen and oxygen atoms in total. The molecule has 0 spiro atoms. The molecule has 0 aromatic rings. The summed E-state index contributed by atoms with van der Waals surface area (Å²) in [5.41, 5.74) is 5.04. The topological polar surface area (TPSA) is 0 Å². The third kappa shape index (κ3) is 3.44. The molecule has 4 saturated carbocycles. The SMILES string of the molecule is C=C(C)C(C)CCC(=C)[C@H]1CCC2(C)C1CCC1[C@@]3(C)CCCC(C)(C)C3CC[C@]12C. The van der Waals surface area contributed by atoms with E-state index in [1.165, 1.54) is 76.2 Å². The van der Waals surface area contributed by atoms with Gasteiger partial charge >= 0.3 is 0 Å². The van der Waals surface area contributed by atoms with E-state index in [-0.39, 0.29) is 0 Å². The number of rotatable bonds is 5. The fourth-order valence-electron chi connectivity index (χ4n) is 10.2. The van der Waals surface area contributed by atoms with Crippen molar-refractivity contribution in [1.29, 1.82) is 0 Å². The third-order valence-corrected chi connectivity index (χ3v) is 12.4. The highest BCUT2D eigenvalue weighted by Gasteiger charge is 2.67. The summed E-state index contributed by atoms with van der Waals surface area (Å²) in [6, 6.07) is 0. The van der Waals surface area contributed by atoms with E-state index < -0.39 is 0 Å². The standard InChI is InChI=1S/C31H52/c1-21(2)22(3)11-12-23(4)24-15-19-30(8)25(24)13-14-27-29(7)18-10-17-28(5,6)26(29)16-20-31(27,30)9/h22,24-27H,1,4,10-20H2,2-3,5-9H3/t22?,24-,25?,26?,27?,29+,30?,31-/m1/s1. The van der Waals surface area contributed by atoms with Crippen LogP contribution >= 0.6 is 0 Å². The van der Waals surface area contributed by atoms with E-state index in [0.717, 1.165) is 23.7 Å². The summed E-state index contributed by atoms with van der Waals surface area (Å²) in [7, 11) is 0. The van der Waals surface area contributed by atoms with Crippen molar-refractivity contribution in [3.63, 3.8) is 0 Å². The Labute approximate surface area is 194 Å². The van der Waals surface area contributed by atoms with Crippen molar-refractivity contribution in [2.75, 3.05) is 0 Å². The van der Waals surface area contributed by atoms with Gasteiger partial charge in [-0.25, -0.2) is 0 Å². The van der Waals surface area contributed by atoms with Crippen molar-refractivity contribution >= 4 is 0 Å². The van der Waals surface area contributed by atoms with E-state index in [0.29, 0.717) is 27.6 Å². The van der Waals surface area contributed by atoms with Gasteiger partial charge in [0.15, 0.2) is 0 Å². The Morgan fingerprint density at radius 3 is 2.19 bits per heavy atom. The molecule has 0 aliphatic heterocycles. The molecule has 4 fully saturated rings. The van der Waals surface area contributed by atoms with Crippen molar-refractivity contribution in [1.82, 2.24) is 0 Å². The predicted octanol–water partition coefficient (Wildman–Crippen LogP) is 9.61. The van der Waals surface area contributed by atoms with Crippen LogP contribution in [0.1, 0.15) is 119 Å². The van der Waals surface area contributed by atoms with Crippen LogP contribution in [0.5, 0.6) is 0 Å². The number of fused-ring (bicyclic) bond motifs is 5. The van der Waals surface area contributed by atoms with Crippen LogP contribution in [0, 0.1) is 51.2 Å². The van der Waals surface area contributed by atoms with Gasteiger partial charge in [0.05, 0.1) is 0 Å². The minimum atomic E-state index is 0.513. The van der Waals surface area contributed by atoms with Crippen LogP contribution in [-0.2, 0) is 0 Å². The lowest BCUT2D eigenvalue weighted by atomic mass is 9.36. The monoisotopic (exact) mass is 424 g/mol. The van der Waals surface area contributed by atoms with Gasteiger partial charge in [-0.3, -0.25) is 0 Å². The Morgan fingerprint density at radius 1 is 0.839 bits per heavy atom. The molecule has 0 heterocycles. The van der Waals surface area contributed by atoms with Crippen LogP contribution in [0.25, 0.3) is 0 Å². The van der Waals surface area contributed by atoms with E-state index >= 15 is 0 Å². The van der Waals surface area contributed by atoms with Crippen LogP contribution in [0.3, 0.4) is 0 Å². The molecular weight excluding hydrogens is 372 g/mol. The molecule has 0 bridgehead atoms. The van der Waals surface area contributed by atoms with Crippen molar-refractivity contribution in [3.8, 4) is 0 Å². The van der Waals surface area contributed by atoms with Crippen molar-refractivity contribution < 1.29 is 0 Å². The molecule has 0 aromatic heterocycles. The number of hydrogen-bond donors (Lipinski definition) is 0. The molecule has 0 N–H and O–H groups in total. The Morgan fingerprint density at radius 2 is 1.52 bits per heavy atom. The largest absolute Gasteiger partial charge is 0.0999 e. The van der Waals surface area contributed by atoms with Gasteiger partial charge in [-0.15, -0.1) is 0 Å². The maximum Gasteiger partial charge on any atom is -0.0172 e. The van der Waals surface area contributed by atoms with Crippen molar-refractivity contribution in [3.05, 3.63) is 24.3 Å². The highest BCUT2D eigenvalue weighted by molar-refractivity contribution is 5.20. The lowest BCUT2D eigenvalue weighted by Gasteiger charge is -2.69. The van der Waals surface area contributed by atoms with Crippen molar-refractivity contribution in [2.24, 2.45) is 51.2 Å². The molecule has 4 rings (SSSR count).